The third-order valence-corrected chi connectivity index (χ3v) is 19.2. The van der Waals surface area contributed by atoms with Crippen molar-refractivity contribution in [1.29, 1.82) is 0 Å². The summed E-state index contributed by atoms with van der Waals surface area (Å²) in [5, 5.41) is 12.7. The lowest BCUT2D eigenvalue weighted by Gasteiger charge is -2.41. The topological polar surface area (TPSA) is 9.86 Å². The van der Waals surface area contributed by atoms with Crippen LogP contribution in [0.4, 0.5) is 0 Å². The van der Waals surface area contributed by atoms with Gasteiger partial charge in [-0.25, -0.2) is 0 Å². The summed E-state index contributed by atoms with van der Waals surface area (Å²) in [6.45, 7) is 13.7. The fourth-order valence-electron chi connectivity index (χ4n) is 15.0. The first-order valence-electron chi connectivity index (χ1n) is 30.0. The smallest absolute Gasteiger partial charge is 0.0541 e. The quantitative estimate of drug-likeness (QED) is 0.147. The number of aromatic nitrogens is 2. The number of benzene rings is 11. The molecule has 0 fully saturated rings. The molecule has 2 nitrogen and oxygen atoms in total. The maximum atomic E-state index is 2.58. The largest absolute Gasteiger partial charge is 0.309 e. The molecule has 4 aliphatic carbocycles. The second-order valence-electron chi connectivity index (χ2n) is 26.0. The summed E-state index contributed by atoms with van der Waals surface area (Å²) in [6, 6.07) is 76.9. The van der Waals surface area contributed by atoms with Crippen molar-refractivity contribution in [2.45, 2.75) is 52.4 Å². The van der Waals surface area contributed by atoms with Gasteiger partial charge in [0.15, 0.2) is 0 Å². The van der Waals surface area contributed by atoms with E-state index in [1.54, 1.807) is 0 Å². The Morgan fingerprint density at radius 1 is 0.321 bits per heavy atom. The van der Waals surface area contributed by atoms with E-state index in [0.29, 0.717) is 0 Å². The Bertz CT molecular complexity index is 5210. The minimum atomic E-state index is 0.0572. The predicted molar refractivity (Wildman–Crippen MR) is 358 cm³/mol. The van der Waals surface area contributed by atoms with E-state index in [0.717, 1.165) is 0 Å². The van der Waals surface area contributed by atoms with Gasteiger partial charge >= 0.3 is 0 Å². The number of fused-ring (bicyclic) bond motifs is 6. The van der Waals surface area contributed by atoms with E-state index < -0.39 is 0 Å². The molecule has 17 rings (SSSR count). The highest BCUT2D eigenvalue weighted by molar-refractivity contribution is 6.26. The molecule has 0 N–H and O–H groups in total. The summed E-state index contributed by atoms with van der Waals surface area (Å²) in [7, 11) is 0. The molecule has 0 saturated heterocycles. The highest BCUT2D eigenvalue weighted by Crippen LogP contribution is 2.55. The van der Waals surface area contributed by atoms with Gasteiger partial charge < -0.3 is 9.13 Å². The molecule has 2 heterocycles. The maximum absolute atomic E-state index is 2.58. The molecule has 0 aliphatic heterocycles. The fourth-order valence-corrected chi connectivity index (χ4v) is 15.0. The van der Waals surface area contributed by atoms with Crippen molar-refractivity contribution in [2.75, 3.05) is 0 Å². The van der Waals surface area contributed by atoms with Gasteiger partial charge in [-0.2, -0.15) is 0 Å². The Morgan fingerprint density at radius 3 is 1.43 bits per heavy atom. The molecule has 13 aromatic rings. The molecule has 0 spiro atoms. The highest BCUT2D eigenvalue weighted by Gasteiger charge is 2.40. The number of allylic oxidation sites excluding steroid dienone is 14. The van der Waals surface area contributed by atoms with E-state index in [1.807, 2.05) is 0 Å². The average molecular weight is 1080 g/mol. The van der Waals surface area contributed by atoms with Gasteiger partial charge in [0.05, 0.1) is 22.1 Å². The van der Waals surface area contributed by atoms with E-state index >= 15 is 0 Å². The summed E-state index contributed by atoms with van der Waals surface area (Å²) in [4.78, 5) is 0. The van der Waals surface area contributed by atoms with Crippen LogP contribution in [-0.4, -0.2) is 9.13 Å². The van der Waals surface area contributed by atoms with Crippen LogP contribution in [0.3, 0.4) is 0 Å². The van der Waals surface area contributed by atoms with E-state index in [1.165, 1.54) is 165 Å². The first kappa shape index (κ1) is 48.9. The molecule has 400 valence electrons. The molecule has 11 aromatic carbocycles. The van der Waals surface area contributed by atoms with E-state index in [-0.39, 0.29) is 22.7 Å². The van der Waals surface area contributed by atoms with Gasteiger partial charge in [0.2, 0.25) is 0 Å². The van der Waals surface area contributed by atoms with Crippen LogP contribution in [0, 0.1) is 11.8 Å². The Hall–Kier alpha value is -9.76. The van der Waals surface area contributed by atoms with Gasteiger partial charge in [-0.1, -0.05) is 224 Å². The van der Waals surface area contributed by atoms with Crippen LogP contribution in [0.1, 0.15) is 58.2 Å². The molecule has 2 aromatic heterocycles. The normalized spacial score (nSPS) is 16.7. The monoisotopic (exact) mass is 1070 g/mol. The van der Waals surface area contributed by atoms with Crippen molar-refractivity contribution in [3.8, 4) is 44.8 Å². The fraction of sp³-hybridized carbons (Fsp3) is 0.122. The number of para-hydroxylation sites is 2. The van der Waals surface area contributed by atoms with Crippen molar-refractivity contribution < 1.29 is 0 Å². The van der Waals surface area contributed by atoms with Gasteiger partial charge in [-0.3, -0.25) is 0 Å². The average Bonchev–Trinajstić information content (AvgIpc) is 2.23. The molecule has 2 unspecified atom stereocenters. The minimum Gasteiger partial charge on any atom is -0.309 e. The van der Waals surface area contributed by atoms with Crippen LogP contribution in [0.25, 0.3) is 126 Å². The Kier molecular flexibility index (Phi) is 10.4. The number of rotatable bonds is 6. The predicted octanol–water partition coefficient (Wildman–Crippen LogP) is 21.9. The lowest BCUT2D eigenvalue weighted by atomic mass is 9.62. The second kappa shape index (κ2) is 17.9. The Morgan fingerprint density at radius 2 is 0.821 bits per heavy atom. The third kappa shape index (κ3) is 7.29. The minimum absolute atomic E-state index is 0.0572. The van der Waals surface area contributed by atoms with Crippen molar-refractivity contribution in [1.82, 2.24) is 9.13 Å². The molecule has 0 saturated carbocycles. The van der Waals surface area contributed by atoms with Crippen LogP contribution in [-0.2, 0) is 10.8 Å². The lowest BCUT2D eigenvalue weighted by molar-refractivity contribution is 0.567. The van der Waals surface area contributed by atoms with E-state index in [9.17, 15) is 0 Å². The first-order chi connectivity index (χ1) is 40.9. The van der Waals surface area contributed by atoms with Crippen LogP contribution in [0.5, 0.6) is 0 Å². The van der Waals surface area contributed by atoms with Crippen LogP contribution < -0.4 is 0 Å². The molecular formula is C82H62N2. The van der Waals surface area contributed by atoms with Crippen molar-refractivity contribution in [3.63, 3.8) is 0 Å². The van der Waals surface area contributed by atoms with E-state index in [2.05, 4.69) is 306 Å². The maximum Gasteiger partial charge on any atom is 0.0541 e. The summed E-state index contributed by atoms with van der Waals surface area (Å²) in [6.07, 6.45) is 21.3. The molecule has 0 radical (unpaired) electrons. The molecule has 2 atom stereocenters. The van der Waals surface area contributed by atoms with Crippen molar-refractivity contribution in [2.24, 2.45) is 11.8 Å². The van der Waals surface area contributed by atoms with Gasteiger partial charge in [0, 0.05) is 44.8 Å². The molecule has 2 heteroatoms. The number of hydrogen-bond donors (Lipinski definition) is 0. The molecule has 0 amide bonds. The summed E-state index contributed by atoms with van der Waals surface area (Å²) < 4.78 is 4.92. The zero-order valence-corrected chi connectivity index (χ0v) is 48.3. The second-order valence-corrected chi connectivity index (χ2v) is 26.0. The van der Waals surface area contributed by atoms with Crippen LogP contribution in [0.2, 0.25) is 0 Å². The van der Waals surface area contributed by atoms with Gasteiger partial charge in [-0.15, -0.1) is 0 Å². The summed E-state index contributed by atoms with van der Waals surface area (Å²) in [5.74, 6) is 0.489. The van der Waals surface area contributed by atoms with Crippen LogP contribution in [0.15, 0.2) is 277 Å². The lowest BCUT2D eigenvalue weighted by Crippen LogP contribution is -2.29. The van der Waals surface area contributed by atoms with Gasteiger partial charge in [0.1, 0.15) is 0 Å². The SMILES string of the molecule is CC(C)(C)c1ccc(-n2c3ccccc3c3cc(-c4cc(-c5ccc6ccc7cccc8ccc5c6c78)c(-c5ccc6c(c5)c5ccccc5n6-c5ccc(C(C)(C)C)cc5)cc4C4=CC=C5C=CC6=CC=CC7=CC=C4C5C67)ccc32)cc1. The molecular weight excluding hydrogens is 1010 g/mol. The zero-order chi connectivity index (χ0) is 56.3. The molecule has 4 aliphatic rings. The van der Waals surface area contributed by atoms with Crippen LogP contribution >= 0.6 is 0 Å². The van der Waals surface area contributed by atoms with Gasteiger partial charge in [-0.05, 0) is 194 Å². The summed E-state index contributed by atoms with van der Waals surface area (Å²) >= 11 is 0. The first-order valence-corrected chi connectivity index (χ1v) is 30.0. The standard InChI is InChI=1S/C82H62N2/c1-81(2,3)57-31-35-59(36-32-57)83-73-19-9-7-17-63(73)71-45-55(29-43-75(71)83)67-47-70(62-40-26-54-24-22-50-14-12-16-52-28-42-66(62)80(54)78(50)52)68(48-69(67)61-39-25-53-23-21-49-13-11-15-51-27-41-65(61)79(53)77(49)51)56-30-44-76-72(46-56)64-18-8-10-20-74(64)84(76)60-37-33-58(34-38-60)82(4,5)6/h7-48,77,79H,1-6H3. The van der Waals surface area contributed by atoms with Gasteiger partial charge in [0.25, 0.3) is 0 Å². The summed E-state index contributed by atoms with van der Waals surface area (Å²) in [5.41, 5.74) is 25.2. The zero-order valence-electron chi connectivity index (χ0n) is 48.3. The molecule has 0 bridgehead atoms. The third-order valence-electron chi connectivity index (χ3n) is 19.2. The van der Waals surface area contributed by atoms with E-state index in [4.69, 9.17) is 0 Å². The highest BCUT2D eigenvalue weighted by atomic mass is 15.0. The van der Waals surface area contributed by atoms with Crippen molar-refractivity contribution >= 4 is 81.5 Å². The Balaban J connectivity index is 0.959. The molecule has 84 heavy (non-hydrogen) atoms. The number of hydrogen-bond acceptors (Lipinski definition) is 0. The Labute approximate surface area is 490 Å². The van der Waals surface area contributed by atoms with Crippen molar-refractivity contribution in [3.05, 3.63) is 294 Å². The number of nitrogens with zero attached hydrogens (tertiary/aromatic N) is 2.